The van der Waals surface area contributed by atoms with Crippen LogP contribution in [0.15, 0.2) is 0 Å². The van der Waals surface area contributed by atoms with Gasteiger partial charge in [-0.3, -0.25) is 33.6 Å². The van der Waals surface area contributed by atoms with Crippen LogP contribution in [0, 0.1) is 71.0 Å². The van der Waals surface area contributed by atoms with Gasteiger partial charge >= 0.3 is 0 Å². The van der Waals surface area contributed by atoms with Crippen LogP contribution in [0.2, 0.25) is 0 Å². The van der Waals surface area contributed by atoms with Crippen LogP contribution in [-0.4, -0.2) is 157 Å². The van der Waals surface area contributed by atoms with Crippen LogP contribution in [0.4, 0.5) is 0 Å². The van der Waals surface area contributed by atoms with E-state index >= 15 is 0 Å². The Morgan fingerprint density at radius 1 is 0.267 bits per heavy atom. The third-order valence-electron chi connectivity index (χ3n) is 18.1. The Hall–Kier alpha value is -2.71. The molecule has 17 heteroatoms. The van der Waals surface area contributed by atoms with Gasteiger partial charge in [0.05, 0.1) is 0 Å². The number of piperidine rings is 1. The SMILES string of the molecule is C.CC(C)C(=O)C(O)C1CCC1.CC(C)C(=O)C(O)C1CCCC1.CC(C)C(=O)C(O)C1CCCCC1.CC(C)C(=O)C(O)C1CCCCC1.CC(C)C(=O)C(O)C1CCCCN1.CC(C)C(=O)C(O)C1CCCN1.CC(C)C(=O)C(O)C1CNC1. The molecule has 7 aliphatic rings. The van der Waals surface area contributed by atoms with Crippen LogP contribution >= 0.6 is 0 Å². The van der Waals surface area contributed by atoms with E-state index in [2.05, 4.69) is 16.0 Å². The van der Waals surface area contributed by atoms with E-state index in [0.717, 1.165) is 110 Å². The van der Waals surface area contributed by atoms with E-state index in [-0.39, 0.29) is 131 Å². The lowest BCUT2D eigenvalue weighted by molar-refractivity contribution is -0.135. The summed E-state index contributed by atoms with van der Waals surface area (Å²) in [5, 5.41) is 76.6. The number of aliphatic hydroxyl groups is 7. The highest BCUT2D eigenvalue weighted by molar-refractivity contribution is 5.87. The van der Waals surface area contributed by atoms with Crippen LogP contribution in [-0.2, 0) is 33.6 Å². The minimum atomic E-state index is -0.805. The minimum Gasteiger partial charge on any atom is -0.385 e. The maximum absolute atomic E-state index is 11.5. The van der Waals surface area contributed by atoms with Gasteiger partial charge in [-0.25, -0.2) is 0 Å². The smallest absolute Gasteiger partial charge is 0.165 e. The molecule has 9 atom stereocenters. The molecule has 0 radical (unpaired) electrons. The minimum absolute atomic E-state index is 0. The molecule has 3 heterocycles. The van der Waals surface area contributed by atoms with E-state index in [1.165, 1.54) is 57.8 Å². The first-order valence-corrected chi connectivity index (χ1v) is 33.6. The van der Waals surface area contributed by atoms with Crippen LogP contribution in [0.1, 0.15) is 246 Å². The Morgan fingerprint density at radius 3 is 0.674 bits per heavy atom. The second-order valence-corrected chi connectivity index (χ2v) is 27.7. The number of carbonyl (C=O) groups is 7. The molecular weight excluding hydrogens is 1090 g/mol. The highest BCUT2D eigenvalue weighted by atomic mass is 16.3. The summed E-state index contributed by atoms with van der Waals surface area (Å²) in [6, 6.07) is -0.0106. The molecule has 0 spiro atoms. The normalized spacial score (nSPS) is 22.7. The topological polar surface area (TPSA) is 297 Å². The van der Waals surface area contributed by atoms with Crippen molar-refractivity contribution in [3.05, 3.63) is 0 Å². The highest BCUT2D eigenvalue weighted by Gasteiger charge is 2.35. The average molecular weight is 1220 g/mol. The summed E-state index contributed by atoms with van der Waals surface area (Å²) in [6.45, 7) is 29.1. The van der Waals surface area contributed by atoms with Crippen molar-refractivity contribution in [3.63, 3.8) is 0 Å². The summed E-state index contributed by atoms with van der Waals surface area (Å²) in [5.41, 5.74) is 0. The fourth-order valence-corrected chi connectivity index (χ4v) is 11.5. The van der Waals surface area contributed by atoms with Gasteiger partial charge in [-0.15, -0.1) is 0 Å². The number of carbonyl (C=O) groups excluding carboxylic acids is 7. The number of aliphatic hydroxyl groups excluding tert-OH is 7. The van der Waals surface area contributed by atoms with Crippen molar-refractivity contribution in [1.29, 1.82) is 0 Å². The Kier molecular flexibility index (Phi) is 43.3. The van der Waals surface area contributed by atoms with Crippen molar-refractivity contribution in [1.82, 2.24) is 16.0 Å². The van der Waals surface area contributed by atoms with Gasteiger partial charge < -0.3 is 51.7 Å². The fourth-order valence-electron chi connectivity index (χ4n) is 11.5. The van der Waals surface area contributed by atoms with Crippen LogP contribution < -0.4 is 16.0 Å². The van der Waals surface area contributed by atoms with Crippen molar-refractivity contribution in [3.8, 4) is 0 Å². The lowest BCUT2D eigenvalue weighted by Crippen LogP contribution is -2.51. The lowest BCUT2D eigenvalue weighted by atomic mass is 9.78. The first-order chi connectivity index (χ1) is 39.9. The van der Waals surface area contributed by atoms with E-state index < -0.39 is 42.7 Å². The second-order valence-electron chi connectivity index (χ2n) is 27.7. The van der Waals surface area contributed by atoms with E-state index in [9.17, 15) is 69.3 Å². The molecule has 504 valence electrons. The van der Waals surface area contributed by atoms with Gasteiger partial charge in [0.2, 0.25) is 0 Å². The average Bonchev–Trinajstić information content (AvgIpc) is 4.37. The first-order valence-electron chi connectivity index (χ1n) is 33.6. The number of Topliss-reactive ketones (excluding diaryl/α,β-unsaturated/α-hetero) is 7. The Labute approximate surface area is 521 Å². The Morgan fingerprint density at radius 2 is 0.477 bits per heavy atom. The quantitative estimate of drug-likeness (QED) is 0.0513. The maximum Gasteiger partial charge on any atom is 0.165 e. The largest absolute Gasteiger partial charge is 0.385 e. The van der Waals surface area contributed by atoms with Gasteiger partial charge in [0.25, 0.3) is 0 Å². The molecule has 4 saturated carbocycles. The zero-order valence-electron chi connectivity index (χ0n) is 55.5. The third kappa shape index (κ3) is 30.4. The zero-order valence-corrected chi connectivity index (χ0v) is 55.5. The summed E-state index contributed by atoms with van der Waals surface area (Å²) < 4.78 is 0. The number of rotatable bonds is 21. The summed E-state index contributed by atoms with van der Waals surface area (Å²) in [6.07, 6.45) is 19.0. The molecule has 0 aromatic heterocycles. The molecule has 0 aromatic carbocycles. The number of ketones is 7. The van der Waals surface area contributed by atoms with Crippen molar-refractivity contribution >= 4 is 40.5 Å². The number of hydrogen-bond donors (Lipinski definition) is 10. The Bertz CT molecular complexity index is 1720. The van der Waals surface area contributed by atoms with E-state index in [1.54, 1.807) is 0 Å². The van der Waals surface area contributed by atoms with Crippen molar-refractivity contribution in [2.45, 2.75) is 300 Å². The van der Waals surface area contributed by atoms with Crippen LogP contribution in [0.3, 0.4) is 0 Å². The molecule has 3 aliphatic heterocycles. The summed E-state index contributed by atoms with van der Waals surface area (Å²) in [7, 11) is 0. The Balaban J connectivity index is 0.000000979. The van der Waals surface area contributed by atoms with Gasteiger partial charge in [0.1, 0.15) is 42.7 Å². The predicted octanol–water partition coefficient (Wildman–Crippen LogP) is 8.91. The number of hydrogen-bond acceptors (Lipinski definition) is 17. The van der Waals surface area contributed by atoms with Crippen LogP contribution in [0.25, 0.3) is 0 Å². The van der Waals surface area contributed by atoms with E-state index in [1.807, 2.05) is 96.9 Å². The molecule has 86 heavy (non-hydrogen) atoms. The molecule has 7 fully saturated rings. The molecular formula is C69H129N3O14. The predicted molar refractivity (Wildman–Crippen MR) is 343 cm³/mol. The van der Waals surface area contributed by atoms with E-state index in [0.29, 0.717) is 0 Å². The van der Waals surface area contributed by atoms with E-state index in [4.69, 9.17) is 0 Å². The lowest BCUT2D eigenvalue weighted by Gasteiger charge is -2.31. The standard InChI is InChI=1S/2C11H20O2.C10H19NO2.C10H18O2.C9H17NO2.C9H16O2.C8H15NO2.CH4/c2*1-8(2)10(12)11(13)9-6-4-3-5-7-9;1-7(2)9(12)10(13)8-5-3-4-6-11-8;1-7(2)9(11)10(12)8-5-3-4-6-8;1-6(2)8(11)9(12)7-4-3-5-10-7;1-6(2)8(10)9(11)7-4-3-5-7;1-5(2)7(10)8(11)6-3-9-4-6;/h2*8-9,11,13H,3-7H2,1-2H3;7-8,10-11,13H,3-6H2,1-2H3;7-8,10,12H,3-6H2,1-2H3;6-7,9-10,12H,3-5H2,1-2H3;6-7,9,11H,3-5H2,1-2H3;5-6,8-9,11H,3-4H2,1-2H3;1H4. The molecule has 9 unspecified atom stereocenters. The molecule has 10 N–H and O–H groups in total. The summed E-state index contributed by atoms with van der Waals surface area (Å²) >= 11 is 0. The van der Waals surface area contributed by atoms with Crippen molar-refractivity contribution in [2.24, 2.45) is 71.0 Å². The molecule has 0 aromatic rings. The van der Waals surface area contributed by atoms with Gasteiger partial charge in [-0.05, 0) is 114 Å². The maximum atomic E-state index is 11.5. The zero-order chi connectivity index (χ0) is 64.7. The van der Waals surface area contributed by atoms with Crippen molar-refractivity contribution < 1.29 is 69.3 Å². The van der Waals surface area contributed by atoms with Gasteiger partial charge in [-0.1, -0.05) is 169 Å². The molecule has 0 amide bonds. The molecule has 4 aliphatic carbocycles. The molecule has 0 bridgehead atoms. The van der Waals surface area contributed by atoms with Crippen LogP contribution in [0.5, 0.6) is 0 Å². The molecule has 17 nitrogen and oxygen atoms in total. The third-order valence-corrected chi connectivity index (χ3v) is 18.1. The first kappa shape index (κ1) is 83.3. The number of nitrogens with one attached hydrogen (secondary N) is 3. The monoisotopic (exact) mass is 1220 g/mol. The summed E-state index contributed by atoms with van der Waals surface area (Å²) in [4.78, 5) is 79.6. The second kappa shape index (κ2) is 44.7. The van der Waals surface area contributed by atoms with Gasteiger partial charge in [0.15, 0.2) is 40.5 Å². The van der Waals surface area contributed by atoms with Crippen molar-refractivity contribution in [2.75, 3.05) is 26.2 Å². The van der Waals surface area contributed by atoms with Gasteiger partial charge in [0, 0.05) is 72.5 Å². The van der Waals surface area contributed by atoms with Gasteiger partial charge in [-0.2, -0.15) is 0 Å². The molecule has 7 rings (SSSR count). The fraction of sp³-hybridized carbons (Fsp3) is 0.899. The molecule has 3 saturated heterocycles. The summed E-state index contributed by atoms with van der Waals surface area (Å²) in [5.74, 6) is 0.800. The highest BCUT2D eigenvalue weighted by Crippen LogP contribution is 2.32.